The second kappa shape index (κ2) is 29.1. The molecule has 0 radical (unpaired) electrons. The van der Waals surface area contributed by atoms with Crippen LogP contribution in [0.1, 0.15) is 143 Å². The molecule has 7 unspecified atom stereocenters. The Morgan fingerprint density at radius 1 is 0.617 bits per heavy atom. The summed E-state index contributed by atoms with van der Waals surface area (Å²) in [5, 5.41) is 38.3. The molecule has 9 rings (SSSR count). The first-order valence-electron chi connectivity index (χ1n) is 28.5. The average molecular weight is 1140 g/mol. The Kier molecular flexibility index (Phi) is 22.3. The quantitative estimate of drug-likeness (QED) is 0.0461. The van der Waals surface area contributed by atoms with E-state index in [0.717, 1.165) is 40.7 Å². The van der Waals surface area contributed by atoms with Crippen molar-refractivity contribution in [3.63, 3.8) is 0 Å². The van der Waals surface area contributed by atoms with E-state index in [4.69, 9.17) is 30.9 Å². The van der Waals surface area contributed by atoms with Crippen molar-refractivity contribution < 1.29 is 57.8 Å². The summed E-state index contributed by atoms with van der Waals surface area (Å²) in [5.74, 6) is -0.193. The van der Waals surface area contributed by atoms with Gasteiger partial charge in [-0.25, -0.2) is 23.2 Å². The van der Waals surface area contributed by atoms with E-state index < -0.39 is 35.6 Å². The zero-order chi connectivity index (χ0) is 58.2. The average Bonchev–Trinajstić information content (AvgIpc) is 3.49. The predicted octanol–water partition coefficient (Wildman–Crippen LogP) is 13.2. The van der Waals surface area contributed by atoms with Crippen molar-refractivity contribution >= 4 is 29.9 Å². The number of hydrogen-bond donors (Lipinski definition) is 4. The van der Waals surface area contributed by atoms with Crippen molar-refractivity contribution in [1.82, 2.24) is 14.7 Å². The standard InChI is InChI=1S/C23H29NO4.C21H21ClFNO2.C21H30FNO4/c1-18(20-10-8-19(9-11-20)12-17-26)24-15-14-23(13-5-16-25,28-22(24)27)21-6-3-2-4-7-21;1-3-12-21(17-6-10-19(23)11-7-17)13-14-24(20(25)26-21)15(2)16-4-8-18(22)9-5-16;1-15(16-5-3-2-4-6-16)23-12-11-21(27-20(23)26,13-19(25)14-24)17-7-9-18(22)10-8-17/h2-4,6-11,18,25-26H,5,12-17H2,1H3;3-11,15H,1,12-14H2,2H3;7-10,15-16,19,24-25H,2-6,11-14H2,1H3. The van der Waals surface area contributed by atoms with Crippen molar-refractivity contribution in [2.75, 3.05) is 39.5 Å². The van der Waals surface area contributed by atoms with Crippen LogP contribution in [0.25, 0.3) is 0 Å². The molecular weight excluding hydrogens is 1060 g/mol. The number of halogens is 3. The van der Waals surface area contributed by atoms with E-state index in [1.807, 2.05) is 92.7 Å². The summed E-state index contributed by atoms with van der Waals surface area (Å²) in [5.41, 5.74) is 3.00. The fourth-order valence-electron chi connectivity index (χ4n) is 11.9. The van der Waals surface area contributed by atoms with Crippen molar-refractivity contribution in [1.29, 1.82) is 0 Å². The van der Waals surface area contributed by atoms with Crippen molar-refractivity contribution in [3.05, 3.63) is 190 Å². The molecular formula is C65H80ClF2N3O10. The molecule has 16 heteroatoms. The normalized spacial score (nSPS) is 22.8. The lowest BCUT2D eigenvalue weighted by Gasteiger charge is -2.46. The van der Waals surface area contributed by atoms with Crippen LogP contribution in [-0.2, 0) is 37.4 Å². The predicted molar refractivity (Wildman–Crippen MR) is 308 cm³/mol. The van der Waals surface area contributed by atoms with Gasteiger partial charge in [-0.2, -0.15) is 0 Å². The van der Waals surface area contributed by atoms with Gasteiger partial charge in [-0.1, -0.05) is 128 Å². The van der Waals surface area contributed by atoms with Gasteiger partial charge < -0.3 is 49.3 Å². The molecule has 4 N–H and O–H groups in total. The Balaban J connectivity index is 0.000000175. The minimum absolute atomic E-state index is 0.0758. The molecule has 4 aliphatic rings. The molecule has 13 nitrogen and oxygen atoms in total. The lowest BCUT2D eigenvalue weighted by Crippen LogP contribution is -2.53. The molecule has 0 aromatic heterocycles. The maximum absolute atomic E-state index is 13.4. The first kappa shape index (κ1) is 62.2. The van der Waals surface area contributed by atoms with Crippen LogP contribution in [0, 0.1) is 17.6 Å². The maximum atomic E-state index is 13.4. The summed E-state index contributed by atoms with van der Waals surface area (Å²) in [6.45, 7) is 11.3. The van der Waals surface area contributed by atoms with Gasteiger partial charge in [-0.05, 0) is 129 Å². The molecule has 5 aromatic carbocycles. The summed E-state index contributed by atoms with van der Waals surface area (Å²) < 4.78 is 44.4. The fourth-order valence-corrected chi connectivity index (χ4v) is 12.0. The molecule has 3 saturated heterocycles. The summed E-state index contributed by atoms with van der Waals surface area (Å²) in [4.78, 5) is 43.9. The molecule has 1 aliphatic carbocycles. The van der Waals surface area contributed by atoms with E-state index in [1.165, 1.54) is 43.5 Å². The van der Waals surface area contributed by atoms with Gasteiger partial charge >= 0.3 is 18.3 Å². The van der Waals surface area contributed by atoms with Gasteiger partial charge in [0.25, 0.3) is 0 Å². The molecule has 3 heterocycles. The highest BCUT2D eigenvalue weighted by molar-refractivity contribution is 6.30. The second-order valence-electron chi connectivity index (χ2n) is 21.9. The van der Waals surface area contributed by atoms with Crippen molar-refractivity contribution in [2.45, 2.75) is 145 Å². The zero-order valence-electron chi connectivity index (χ0n) is 46.9. The number of nitrogens with zero attached hydrogens (tertiary/aromatic N) is 3. The molecule has 7 atom stereocenters. The van der Waals surface area contributed by atoms with Crippen molar-refractivity contribution in [3.8, 4) is 0 Å². The van der Waals surface area contributed by atoms with Gasteiger partial charge in [-0.3, -0.25) is 0 Å². The van der Waals surface area contributed by atoms with Gasteiger partial charge in [0.15, 0.2) is 0 Å². The second-order valence-corrected chi connectivity index (χ2v) is 22.4. The van der Waals surface area contributed by atoms with Crippen LogP contribution in [0.15, 0.2) is 140 Å². The van der Waals surface area contributed by atoms with Crippen LogP contribution in [-0.4, -0.2) is 105 Å². The Labute approximate surface area is 481 Å². The smallest absolute Gasteiger partial charge is 0.411 e. The maximum Gasteiger partial charge on any atom is 0.411 e. The highest BCUT2D eigenvalue weighted by atomic mass is 35.5. The Morgan fingerprint density at radius 2 is 1.09 bits per heavy atom. The summed E-state index contributed by atoms with van der Waals surface area (Å²) in [7, 11) is 0. The number of ether oxygens (including phenoxy) is 3. The van der Waals surface area contributed by atoms with Crippen LogP contribution in [0.3, 0.4) is 0 Å². The van der Waals surface area contributed by atoms with Gasteiger partial charge in [0.1, 0.15) is 28.4 Å². The Morgan fingerprint density at radius 3 is 1.59 bits per heavy atom. The Bertz CT molecular complexity index is 2790. The Hall–Kier alpha value is -6.36. The SMILES string of the molecule is C=CCC1(c2ccc(F)cc2)CCN(C(C)c2ccc(Cl)cc2)C(=O)O1.CC(C1CCCCC1)N1CCC(CC(O)CO)(c2ccc(F)cc2)OC1=O.CC(c1ccc(CCO)cc1)N1CCC(CCCO)(c2ccccc2)OC1=O. The molecule has 1 saturated carbocycles. The lowest BCUT2D eigenvalue weighted by atomic mass is 9.81. The van der Waals surface area contributed by atoms with Gasteiger partial charge in [0, 0.05) is 76.0 Å². The number of amides is 3. The highest BCUT2D eigenvalue weighted by Crippen LogP contribution is 2.43. The van der Waals surface area contributed by atoms with Crippen LogP contribution < -0.4 is 0 Å². The molecule has 3 aliphatic heterocycles. The third kappa shape index (κ3) is 15.6. The van der Waals surface area contributed by atoms with E-state index in [9.17, 15) is 38.5 Å². The highest BCUT2D eigenvalue weighted by Gasteiger charge is 2.47. The minimum atomic E-state index is -1.05. The third-order valence-corrected chi connectivity index (χ3v) is 17.1. The van der Waals surface area contributed by atoms with Crippen LogP contribution >= 0.6 is 11.6 Å². The summed E-state index contributed by atoms with van der Waals surface area (Å²) in [6, 6.07) is 37.1. The number of aliphatic hydroxyl groups excluding tert-OH is 4. The van der Waals surface area contributed by atoms with Crippen molar-refractivity contribution in [2.24, 2.45) is 5.92 Å². The van der Waals surface area contributed by atoms with Crippen LogP contribution in [0.5, 0.6) is 0 Å². The van der Waals surface area contributed by atoms with E-state index >= 15 is 0 Å². The molecule has 81 heavy (non-hydrogen) atoms. The van der Waals surface area contributed by atoms with E-state index in [1.54, 1.807) is 45.0 Å². The monoisotopic (exact) mass is 1140 g/mol. The number of cyclic esters (lactones) is 3. The number of rotatable bonds is 19. The fraction of sp³-hybridized carbons (Fsp3) is 0.462. The number of aliphatic hydroxyl groups is 4. The van der Waals surface area contributed by atoms with Crippen LogP contribution in [0.2, 0.25) is 5.02 Å². The lowest BCUT2D eigenvalue weighted by molar-refractivity contribution is -0.0929. The summed E-state index contributed by atoms with van der Waals surface area (Å²) >= 11 is 5.94. The van der Waals surface area contributed by atoms with E-state index in [-0.39, 0.29) is 61.6 Å². The molecule has 0 bridgehead atoms. The largest absolute Gasteiger partial charge is 0.438 e. The van der Waals surface area contributed by atoms with Crippen LogP contribution in [0.4, 0.5) is 23.2 Å². The number of hydrogen-bond acceptors (Lipinski definition) is 10. The third-order valence-electron chi connectivity index (χ3n) is 16.8. The zero-order valence-corrected chi connectivity index (χ0v) is 47.7. The minimum Gasteiger partial charge on any atom is -0.438 e. The summed E-state index contributed by atoms with van der Waals surface area (Å²) in [6.07, 6.45) is 9.77. The number of carbonyl (C=O) groups excluding carboxylic acids is 3. The molecule has 436 valence electrons. The molecule has 5 aromatic rings. The molecule has 4 fully saturated rings. The molecule has 3 amide bonds. The van der Waals surface area contributed by atoms with E-state index in [2.05, 4.69) is 13.5 Å². The first-order valence-corrected chi connectivity index (χ1v) is 28.9. The number of carbonyl (C=O) groups is 3. The first-order chi connectivity index (χ1) is 39.0. The van der Waals surface area contributed by atoms with E-state index in [0.29, 0.717) is 81.1 Å². The number of benzene rings is 5. The topological polar surface area (TPSA) is 170 Å². The molecule has 0 spiro atoms. The van der Waals surface area contributed by atoms with Gasteiger partial charge in [0.2, 0.25) is 0 Å². The van der Waals surface area contributed by atoms with Gasteiger partial charge in [0.05, 0.1) is 24.8 Å². The van der Waals surface area contributed by atoms with Gasteiger partial charge in [-0.15, -0.1) is 6.58 Å².